The van der Waals surface area contributed by atoms with E-state index >= 15 is 0 Å². The molecule has 0 radical (unpaired) electrons. The van der Waals surface area contributed by atoms with Crippen LogP contribution in [0.15, 0.2) is 12.1 Å². The second-order valence-corrected chi connectivity index (χ2v) is 13.9. The van der Waals surface area contributed by atoms with Crippen molar-refractivity contribution < 1.29 is 42.1 Å². The van der Waals surface area contributed by atoms with E-state index in [1.165, 1.54) is 9.20 Å². The van der Waals surface area contributed by atoms with Crippen LogP contribution in [0, 0.1) is 5.41 Å². The van der Waals surface area contributed by atoms with E-state index in [4.69, 9.17) is 39.7 Å². The Morgan fingerprint density at radius 3 is 2.02 bits per heavy atom. The van der Waals surface area contributed by atoms with Crippen molar-refractivity contribution in [2.45, 2.75) is 111 Å². The lowest BCUT2D eigenvalue weighted by Gasteiger charge is -2.33. The molecule has 1 saturated heterocycles. The number of anilines is 1. The normalized spacial score (nSPS) is 14.0. The number of rotatable bonds is 11. The van der Waals surface area contributed by atoms with Crippen LogP contribution in [0.3, 0.4) is 0 Å². The standard InChI is InChI=1S/C33H50N6O4.C2HF3O2/c1-11-23(12-2)43-31-28(21(5)6)27(20(3)4)30-35-38(32(34)39(30)36-31)19-26(40)22-17-24(33(7,8)9)29(41-10)25(18-22)37-13-15-42-16-14-37;3-2(4,5)1(6)7/h17-18,20-21,23,34H,11-16,19H2,1-10H3;(H,6,7). The number of carboxylic acid groups (broad SMARTS) is 1. The number of morpholine rings is 1. The van der Waals surface area contributed by atoms with Gasteiger partial charge in [0.1, 0.15) is 12.3 Å². The fourth-order valence-corrected chi connectivity index (χ4v) is 5.81. The largest absolute Gasteiger partial charge is 0.494 e. The molecule has 1 aliphatic rings. The van der Waals surface area contributed by atoms with E-state index in [9.17, 15) is 18.0 Å². The van der Waals surface area contributed by atoms with Crippen molar-refractivity contribution >= 4 is 23.1 Å². The Kier molecular flexibility index (Phi) is 13.1. The number of carboxylic acids is 1. The second-order valence-electron chi connectivity index (χ2n) is 13.9. The summed E-state index contributed by atoms with van der Waals surface area (Å²) < 4.78 is 52.6. The molecule has 4 rings (SSSR count). The summed E-state index contributed by atoms with van der Waals surface area (Å²) in [6.45, 7) is 21.7. The summed E-state index contributed by atoms with van der Waals surface area (Å²) in [6.07, 6.45) is -3.33. The second kappa shape index (κ2) is 16.3. The summed E-state index contributed by atoms with van der Waals surface area (Å²) in [7, 11) is 1.68. The van der Waals surface area contributed by atoms with Gasteiger partial charge >= 0.3 is 12.1 Å². The predicted octanol–water partition coefficient (Wildman–Crippen LogP) is 6.48. The number of carbonyl (C=O) groups excluding carboxylic acids is 1. The van der Waals surface area contributed by atoms with Crippen LogP contribution in [-0.2, 0) is 21.5 Å². The van der Waals surface area contributed by atoms with E-state index in [0.29, 0.717) is 30.3 Å². The maximum atomic E-state index is 14.0. The van der Waals surface area contributed by atoms with Gasteiger partial charge in [-0.05, 0) is 42.2 Å². The van der Waals surface area contributed by atoms with Gasteiger partial charge in [0.25, 0.3) is 0 Å². The molecule has 1 aromatic carbocycles. The minimum absolute atomic E-state index is 0.0293. The lowest BCUT2D eigenvalue weighted by molar-refractivity contribution is -0.192. The third-order valence-corrected chi connectivity index (χ3v) is 8.45. The molecule has 50 heavy (non-hydrogen) atoms. The number of ether oxygens (including phenoxy) is 3. The molecular formula is C35H51F3N6O6. The molecule has 0 atom stereocenters. The number of nitrogens with zero attached hydrogens (tertiary/aromatic N) is 5. The smallest absolute Gasteiger partial charge is 0.490 e. The molecule has 2 aromatic heterocycles. The maximum Gasteiger partial charge on any atom is 0.490 e. The van der Waals surface area contributed by atoms with Crippen molar-refractivity contribution in [2.75, 3.05) is 38.3 Å². The number of nitrogens with one attached hydrogen (secondary N) is 1. The van der Waals surface area contributed by atoms with Gasteiger partial charge in [-0.1, -0.05) is 62.3 Å². The topological polar surface area (TPSA) is 144 Å². The molecule has 278 valence electrons. The number of halogens is 3. The molecule has 12 nitrogen and oxygen atoms in total. The molecule has 0 bridgehead atoms. The average molecular weight is 709 g/mol. The Bertz CT molecular complexity index is 1710. The first kappa shape index (κ1) is 40.3. The number of fused-ring (bicyclic) bond motifs is 1. The maximum absolute atomic E-state index is 14.0. The van der Waals surface area contributed by atoms with Crippen LogP contribution in [0.1, 0.15) is 114 Å². The molecule has 1 aliphatic heterocycles. The molecule has 0 unspecified atom stereocenters. The van der Waals surface area contributed by atoms with Gasteiger partial charge in [-0.2, -0.15) is 17.7 Å². The highest BCUT2D eigenvalue weighted by Crippen LogP contribution is 2.41. The third-order valence-electron chi connectivity index (χ3n) is 8.45. The number of aromatic nitrogens is 4. The Balaban J connectivity index is 0.000000872. The highest BCUT2D eigenvalue weighted by molar-refractivity contribution is 5.98. The van der Waals surface area contributed by atoms with Gasteiger partial charge in [0.2, 0.25) is 11.5 Å². The van der Waals surface area contributed by atoms with Gasteiger partial charge in [0.15, 0.2) is 11.4 Å². The van der Waals surface area contributed by atoms with Crippen LogP contribution >= 0.6 is 0 Å². The zero-order valence-corrected chi connectivity index (χ0v) is 30.7. The highest BCUT2D eigenvalue weighted by Gasteiger charge is 2.38. The summed E-state index contributed by atoms with van der Waals surface area (Å²) in [5.41, 5.74) is 4.80. The molecule has 1 fully saturated rings. The number of carbonyl (C=O) groups is 2. The average Bonchev–Trinajstić information content (AvgIpc) is 3.35. The van der Waals surface area contributed by atoms with Crippen molar-refractivity contribution in [2.24, 2.45) is 0 Å². The van der Waals surface area contributed by atoms with Crippen LogP contribution in [0.5, 0.6) is 11.6 Å². The van der Waals surface area contributed by atoms with Gasteiger partial charge in [0.05, 0.1) is 32.1 Å². The monoisotopic (exact) mass is 708 g/mol. The van der Waals surface area contributed by atoms with Crippen molar-refractivity contribution in [1.29, 1.82) is 5.41 Å². The summed E-state index contributed by atoms with van der Waals surface area (Å²) >= 11 is 0. The summed E-state index contributed by atoms with van der Waals surface area (Å²) in [6, 6.07) is 3.85. The third kappa shape index (κ3) is 9.15. The minimum Gasteiger partial charge on any atom is -0.494 e. The first-order valence-electron chi connectivity index (χ1n) is 16.9. The molecule has 0 saturated carbocycles. The molecule has 15 heteroatoms. The number of hydrogen-bond acceptors (Lipinski definition) is 9. The van der Waals surface area contributed by atoms with Crippen molar-refractivity contribution in [3.8, 4) is 11.6 Å². The van der Waals surface area contributed by atoms with E-state index in [0.717, 1.165) is 54.1 Å². The summed E-state index contributed by atoms with van der Waals surface area (Å²) in [5.74, 6) is -1.30. The number of benzene rings is 1. The van der Waals surface area contributed by atoms with Gasteiger partial charge < -0.3 is 24.2 Å². The quantitative estimate of drug-likeness (QED) is 0.214. The highest BCUT2D eigenvalue weighted by atomic mass is 19.4. The van der Waals surface area contributed by atoms with Crippen molar-refractivity contribution in [3.63, 3.8) is 0 Å². The first-order chi connectivity index (χ1) is 23.3. The Morgan fingerprint density at radius 2 is 1.56 bits per heavy atom. The van der Waals surface area contributed by atoms with Crippen LogP contribution in [0.2, 0.25) is 0 Å². The molecule has 3 aromatic rings. The molecule has 3 heterocycles. The van der Waals surface area contributed by atoms with E-state index in [-0.39, 0.29) is 41.3 Å². The Labute approximate surface area is 291 Å². The van der Waals surface area contributed by atoms with Crippen molar-refractivity contribution in [1.82, 2.24) is 19.4 Å². The predicted molar refractivity (Wildman–Crippen MR) is 183 cm³/mol. The lowest BCUT2D eigenvalue weighted by atomic mass is 9.84. The molecule has 2 N–H and O–H groups in total. The van der Waals surface area contributed by atoms with Crippen molar-refractivity contribution in [3.05, 3.63) is 40.0 Å². The molecule has 0 aliphatic carbocycles. The fourth-order valence-electron chi connectivity index (χ4n) is 5.81. The van der Waals surface area contributed by atoms with E-state index in [1.807, 2.05) is 12.1 Å². The Morgan fingerprint density at radius 1 is 1.00 bits per heavy atom. The zero-order valence-electron chi connectivity index (χ0n) is 30.7. The minimum atomic E-state index is -5.08. The molecule has 0 spiro atoms. The molecule has 0 amide bonds. The Hall–Kier alpha value is -4.14. The molecular weight excluding hydrogens is 657 g/mol. The number of Topliss-reactive ketones (excluding diaryl/α,β-unsaturated/α-hetero) is 1. The van der Waals surface area contributed by atoms with Gasteiger partial charge in [-0.15, -0.1) is 10.2 Å². The lowest BCUT2D eigenvalue weighted by Crippen LogP contribution is -2.37. The van der Waals surface area contributed by atoms with E-state index < -0.39 is 12.1 Å². The number of aliphatic carboxylic acids is 1. The van der Waals surface area contributed by atoms with E-state index in [1.54, 1.807) is 7.11 Å². The summed E-state index contributed by atoms with van der Waals surface area (Å²) in [5, 5.41) is 25.8. The number of hydrogen-bond donors (Lipinski definition) is 2. The fraction of sp³-hybridized carbons (Fsp3) is 0.629. The number of methoxy groups -OCH3 is 1. The van der Waals surface area contributed by atoms with Crippen LogP contribution in [-0.4, -0.2) is 81.9 Å². The zero-order chi connectivity index (χ0) is 37.7. The van der Waals surface area contributed by atoms with E-state index in [2.05, 4.69) is 67.2 Å². The van der Waals surface area contributed by atoms with Crippen LogP contribution in [0.4, 0.5) is 18.9 Å². The van der Waals surface area contributed by atoms with Crippen LogP contribution in [0.25, 0.3) is 5.65 Å². The van der Waals surface area contributed by atoms with Gasteiger partial charge in [-0.3, -0.25) is 10.2 Å². The first-order valence-corrected chi connectivity index (χ1v) is 16.9. The summed E-state index contributed by atoms with van der Waals surface area (Å²) in [4.78, 5) is 25.1. The van der Waals surface area contributed by atoms with Gasteiger partial charge in [-0.25, -0.2) is 9.48 Å². The van der Waals surface area contributed by atoms with Crippen LogP contribution < -0.4 is 20.0 Å². The number of ketones is 1. The number of alkyl halides is 3. The van der Waals surface area contributed by atoms with Gasteiger partial charge in [0, 0.05) is 35.3 Å². The SMILES string of the molecule is CCC(CC)Oc1nn2c(=N)n(CC(=O)c3cc(N4CCOCC4)c(OC)c(C(C)(C)C)c3)nc2c(C(C)C)c1C(C)C.O=C(O)C(F)(F)F.